The lowest BCUT2D eigenvalue weighted by molar-refractivity contribution is 0.0300. The minimum atomic E-state index is -3.69. The molecule has 9 heteroatoms. The maximum absolute atomic E-state index is 12.9. The van der Waals surface area contributed by atoms with Crippen molar-refractivity contribution in [3.63, 3.8) is 0 Å². The highest BCUT2D eigenvalue weighted by atomic mass is 32.2. The molecule has 1 aliphatic rings. The molecule has 2 aromatic carbocycles. The van der Waals surface area contributed by atoms with Crippen molar-refractivity contribution in [3.05, 3.63) is 54.1 Å². The standard InChI is InChI=1S/C20H24N2O4S3/c1-27-19-8-7-17(15-18(19)20(23)22-10-12-26-13-11-22)29(24,25)21-9-14-28-16-5-3-2-4-6-16/h2-8,15,21H,9-14H2,1H3. The van der Waals surface area contributed by atoms with Crippen molar-refractivity contribution in [2.24, 2.45) is 0 Å². The molecule has 156 valence electrons. The summed E-state index contributed by atoms with van der Waals surface area (Å²) < 4.78 is 33.4. The smallest absolute Gasteiger partial charge is 0.255 e. The predicted octanol–water partition coefficient (Wildman–Crippen LogP) is 2.95. The van der Waals surface area contributed by atoms with Gasteiger partial charge in [-0.2, -0.15) is 0 Å². The summed E-state index contributed by atoms with van der Waals surface area (Å²) in [4.78, 5) is 16.6. The number of ether oxygens (including phenoxy) is 1. The van der Waals surface area contributed by atoms with E-state index < -0.39 is 10.0 Å². The number of nitrogens with zero attached hydrogens (tertiary/aromatic N) is 1. The second kappa shape index (κ2) is 10.5. The molecule has 0 aliphatic carbocycles. The van der Waals surface area contributed by atoms with E-state index >= 15 is 0 Å². The summed E-state index contributed by atoms with van der Waals surface area (Å²) in [6.07, 6.45) is 1.87. The largest absolute Gasteiger partial charge is 0.378 e. The van der Waals surface area contributed by atoms with E-state index in [1.807, 2.05) is 36.6 Å². The van der Waals surface area contributed by atoms with Crippen molar-refractivity contribution in [3.8, 4) is 0 Å². The lowest BCUT2D eigenvalue weighted by Gasteiger charge is -2.27. The number of hydrogen-bond donors (Lipinski definition) is 1. The predicted molar refractivity (Wildman–Crippen MR) is 117 cm³/mol. The van der Waals surface area contributed by atoms with E-state index in [1.54, 1.807) is 28.8 Å². The Morgan fingerprint density at radius 1 is 1.14 bits per heavy atom. The zero-order valence-corrected chi connectivity index (χ0v) is 18.6. The number of nitrogens with one attached hydrogen (secondary N) is 1. The first-order chi connectivity index (χ1) is 14.0. The van der Waals surface area contributed by atoms with Crippen LogP contribution in [-0.2, 0) is 14.8 Å². The molecule has 1 saturated heterocycles. The monoisotopic (exact) mass is 452 g/mol. The summed E-state index contributed by atoms with van der Waals surface area (Å²) in [5.41, 5.74) is 0.418. The lowest BCUT2D eigenvalue weighted by atomic mass is 10.2. The third-order valence-corrected chi connectivity index (χ3v) is 7.68. The van der Waals surface area contributed by atoms with E-state index in [-0.39, 0.29) is 10.8 Å². The van der Waals surface area contributed by atoms with Crippen LogP contribution in [0.1, 0.15) is 10.4 Å². The van der Waals surface area contributed by atoms with Crippen LogP contribution in [0.4, 0.5) is 0 Å². The van der Waals surface area contributed by atoms with Crippen molar-refractivity contribution in [1.29, 1.82) is 0 Å². The summed E-state index contributed by atoms with van der Waals surface area (Å²) >= 11 is 3.02. The number of thioether (sulfide) groups is 2. The summed E-state index contributed by atoms with van der Waals surface area (Å²) in [6.45, 7) is 2.33. The van der Waals surface area contributed by atoms with Gasteiger partial charge < -0.3 is 9.64 Å². The molecule has 0 saturated carbocycles. The Labute approximate surface area is 180 Å². The number of hydrogen-bond acceptors (Lipinski definition) is 6. The lowest BCUT2D eigenvalue weighted by Crippen LogP contribution is -2.41. The highest BCUT2D eigenvalue weighted by Gasteiger charge is 2.23. The molecule has 0 atom stereocenters. The van der Waals surface area contributed by atoms with Gasteiger partial charge in [0.15, 0.2) is 0 Å². The third-order valence-electron chi connectivity index (χ3n) is 4.42. The van der Waals surface area contributed by atoms with Gasteiger partial charge >= 0.3 is 0 Å². The minimum absolute atomic E-state index is 0.108. The first-order valence-corrected chi connectivity index (χ1v) is 12.9. The van der Waals surface area contributed by atoms with E-state index in [4.69, 9.17) is 4.74 Å². The molecule has 29 heavy (non-hydrogen) atoms. The highest BCUT2D eigenvalue weighted by Crippen LogP contribution is 2.25. The Hall–Kier alpha value is -1.52. The molecule has 0 spiro atoms. The molecule has 1 aliphatic heterocycles. The zero-order valence-electron chi connectivity index (χ0n) is 16.2. The van der Waals surface area contributed by atoms with Crippen LogP contribution in [0.25, 0.3) is 0 Å². The molecule has 1 heterocycles. The van der Waals surface area contributed by atoms with Gasteiger partial charge in [0.05, 0.1) is 23.7 Å². The summed E-state index contributed by atoms with van der Waals surface area (Å²) in [7, 11) is -3.69. The van der Waals surface area contributed by atoms with Crippen LogP contribution < -0.4 is 4.72 Å². The molecule has 0 unspecified atom stereocenters. The van der Waals surface area contributed by atoms with Crippen molar-refractivity contribution in [2.45, 2.75) is 14.7 Å². The van der Waals surface area contributed by atoms with Gasteiger partial charge in [-0.3, -0.25) is 4.79 Å². The molecular formula is C20H24N2O4S3. The van der Waals surface area contributed by atoms with Gasteiger partial charge in [-0.25, -0.2) is 13.1 Å². The fraction of sp³-hybridized carbons (Fsp3) is 0.350. The Kier molecular flexibility index (Phi) is 8.02. The molecule has 0 radical (unpaired) electrons. The van der Waals surface area contributed by atoms with E-state index in [2.05, 4.69) is 4.72 Å². The van der Waals surface area contributed by atoms with Crippen molar-refractivity contribution >= 4 is 39.5 Å². The number of carbonyl (C=O) groups excluding carboxylic acids is 1. The average molecular weight is 453 g/mol. The van der Waals surface area contributed by atoms with Gasteiger partial charge in [0.25, 0.3) is 5.91 Å². The molecule has 2 aromatic rings. The van der Waals surface area contributed by atoms with Crippen molar-refractivity contribution in [2.75, 3.05) is 44.9 Å². The van der Waals surface area contributed by atoms with Crippen LogP contribution >= 0.6 is 23.5 Å². The van der Waals surface area contributed by atoms with Crippen LogP contribution in [0, 0.1) is 0 Å². The molecule has 1 amide bonds. The summed E-state index contributed by atoms with van der Waals surface area (Å²) in [6, 6.07) is 14.6. The Morgan fingerprint density at radius 2 is 1.86 bits per heavy atom. The van der Waals surface area contributed by atoms with Crippen LogP contribution in [0.2, 0.25) is 0 Å². The fourth-order valence-corrected chi connectivity index (χ4v) is 5.45. The van der Waals surface area contributed by atoms with Gasteiger partial charge in [0, 0.05) is 35.2 Å². The maximum atomic E-state index is 12.9. The molecule has 6 nitrogen and oxygen atoms in total. The number of benzene rings is 2. The summed E-state index contributed by atoms with van der Waals surface area (Å²) in [5.74, 6) is 0.459. The first-order valence-electron chi connectivity index (χ1n) is 9.24. The van der Waals surface area contributed by atoms with Gasteiger partial charge in [-0.05, 0) is 36.6 Å². The molecular weight excluding hydrogens is 428 g/mol. The summed E-state index contributed by atoms with van der Waals surface area (Å²) in [5, 5.41) is 0. The number of carbonyl (C=O) groups is 1. The molecule has 3 rings (SSSR count). The van der Waals surface area contributed by atoms with Gasteiger partial charge in [-0.15, -0.1) is 23.5 Å². The Balaban J connectivity index is 1.69. The van der Waals surface area contributed by atoms with Crippen molar-refractivity contribution in [1.82, 2.24) is 9.62 Å². The van der Waals surface area contributed by atoms with E-state index in [9.17, 15) is 13.2 Å². The number of rotatable bonds is 8. The van der Waals surface area contributed by atoms with Crippen LogP contribution in [0.3, 0.4) is 0 Å². The van der Waals surface area contributed by atoms with E-state index in [0.717, 1.165) is 9.79 Å². The van der Waals surface area contributed by atoms with Crippen molar-refractivity contribution < 1.29 is 17.9 Å². The third kappa shape index (κ3) is 5.99. The van der Waals surface area contributed by atoms with E-state index in [0.29, 0.717) is 44.2 Å². The molecule has 1 fully saturated rings. The minimum Gasteiger partial charge on any atom is -0.378 e. The van der Waals surface area contributed by atoms with Gasteiger partial charge in [0.2, 0.25) is 10.0 Å². The van der Waals surface area contributed by atoms with Gasteiger partial charge in [-0.1, -0.05) is 18.2 Å². The normalized spacial score (nSPS) is 14.7. The number of sulfonamides is 1. The Morgan fingerprint density at radius 3 is 2.55 bits per heavy atom. The van der Waals surface area contributed by atoms with E-state index in [1.165, 1.54) is 17.8 Å². The fourth-order valence-electron chi connectivity index (χ4n) is 2.90. The first kappa shape index (κ1) is 22.2. The van der Waals surface area contributed by atoms with Crippen LogP contribution in [0.5, 0.6) is 0 Å². The van der Waals surface area contributed by atoms with Crippen LogP contribution in [-0.4, -0.2) is 64.1 Å². The van der Waals surface area contributed by atoms with Crippen LogP contribution in [0.15, 0.2) is 63.2 Å². The highest BCUT2D eigenvalue weighted by molar-refractivity contribution is 7.99. The van der Waals surface area contributed by atoms with Gasteiger partial charge in [0.1, 0.15) is 0 Å². The zero-order chi connectivity index (χ0) is 20.7. The molecule has 0 bridgehead atoms. The topological polar surface area (TPSA) is 75.7 Å². The molecule has 0 aromatic heterocycles. The Bertz CT molecular complexity index is 930. The second-order valence-corrected chi connectivity index (χ2v) is 10.1. The number of morpholine rings is 1. The number of amides is 1. The SMILES string of the molecule is CSc1ccc(S(=O)(=O)NCCSc2ccccc2)cc1C(=O)N1CCOCC1. The second-order valence-electron chi connectivity index (χ2n) is 6.33. The quantitative estimate of drug-likeness (QED) is 0.490. The average Bonchev–Trinajstić information content (AvgIpc) is 2.77. The maximum Gasteiger partial charge on any atom is 0.255 e. The molecule has 1 N–H and O–H groups in total.